The van der Waals surface area contributed by atoms with Gasteiger partial charge in [-0.2, -0.15) is 0 Å². The molecule has 2 aromatic rings. The maximum atomic E-state index is 13.6. The summed E-state index contributed by atoms with van der Waals surface area (Å²) in [6, 6.07) is 9.71. The molecule has 1 atom stereocenters. The zero-order chi connectivity index (χ0) is 30.2. The first-order valence-electron chi connectivity index (χ1n) is 15.1. The van der Waals surface area contributed by atoms with Crippen LogP contribution in [0, 0.1) is 5.92 Å². The van der Waals surface area contributed by atoms with E-state index in [4.69, 9.17) is 18.9 Å². The Morgan fingerprint density at radius 3 is 2.43 bits per heavy atom. The van der Waals surface area contributed by atoms with E-state index in [2.05, 4.69) is 32.6 Å². The number of ether oxygens (including phenoxy) is 4. The first kappa shape index (κ1) is 31.2. The van der Waals surface area contributed by atoms with Gasteiger partial charge in [-0.25, -0.2) is 0 Å². The van der Waals surface area contributed by atoms with Crippen LogP contribution in [0.4, 0.5) is 0 Å². The van der Waals surface area contributed by atoms with E-state index in [1.165, 1.54) is 0 Å². The first-order chi connectivity index (χ1) is 20.3. The minimum Gasteiger partial charge on any atom is -0.507 e. The van der Waals surface area contributed by atoms with E-state index >= 15 is 0 Å². The summed E-state index contributed by atoms with van der Waals surface area (Å²) in [6.45, 7) is 15.1. The maximum absolute atomic E-state index is 13.6. The summed E-state index contributed by atoms with van der Waals surface area (Å²) in [5, 5.41) is 11.6. The second-order valence-corrected chi connectivity index (χ2v) is 10.9. The number of benzene rings is 2. The Labute approximate surface area is 249 Å². The van der Waals surface area contributed by atoms with Crippen molar-refractivity contribution >= 4 is 17.4 Å². The average molecular weight is 581 g/mol. The summed E-state index contributed by atoms with van der Waals surface area (Å²) in [4.78, 5) is 30.9. The van der Waals surface area contributed by atoms with Crippen LogP contribution in [-0.2, 0) is 9.59 Å². The minimum absolute atomic E-state index is 0.0374. The summed E-state index contributed by atoms with van der Waals surface area (Å²) >= 11 is 0. The van der Waals surface area contributed by atoms with Gasteiger partial charge in [0.15, 0.2) is 23.0 Å². The predicted octanol–water partition coefficient (Wildman–Crippen LogP) is 5.44. The van der Waals surface area contributed by atoms with Gasteiger partial charge in [-0.15, -0.1) is 0 Å². The summed E-state index contributed by atoms with van der Waals surface area (Å²) in [5.41, 5.74) is 1.08. The number of likely N-dealkylation sites (tertiary alicyclic amines) is 1. The fraction of sp³-hybridized carbons (Fsp3) is 0.515. The lowest BCUT2D eigenvalue weighted by Crippen LogP contribution is -2.33. The molecule has 4 rings (SSSR count). The Morgan fingerprint density at radius 2 is 1.74 bits per heavy atom. The fourth-order valence-corrected chi connectivity index (χ4v) is 5.29. The van der Waals surface area contributed by atoms with Gasteiger partial charge >= 0.3 is 0 Å². The molecule has 0 bridgehead atoms. The predicted molar refractivity (Wildman–Crippen MR) is 161 cm³/mol. The normalized spacial score (nSPS) is 17.8. The molecular weight excluding hydrogens is 536 g/mol. The molecule has 0 unspecified atom stereocenters. The fourth-order valence-electron chi connectivity index (χ4n) is 5.29. The molecule has 9 nitrogen and oxygen atoms in total. The number of aliphatic hydroxyl groups excluding tert-OH is 1. The lowest BCUT2D eigenvalue weighted by molar-refractivity contribution is -0.140. The van der Waals surface area contributed by atoms with Crippen molar-refractivity contribution < 1.29 is 33.6 Å². The zero-order valence-corrected chi connectivity index (χ0v) is 25.5. The van der Waals surface area contributed by atoms with E-state index in [9.17, 15) is 14.7 Å². The van der Waals surface area contributed by atoms with Crippen LogP contribution in [0.1, 0.15) is 64.6 Å². The van der Waals surface area contributed by atoms with Crippen LogP contribution >= 0.6 is 0 Å². The van der Waals surface area contributed by atoms with E-state index in [1.54, 1.807) is 23.1 Å². The highest BCUT2D eigenvalue weighted by Crippen LogP contribution is 2.43. The number of aliphatic hydroxyl groups is 1. The number of rotatable bonds is 14. The quantitative estimate of drug-likeness (QED) is 0.179. The highest BCUT2D eigenvalue weighted by Gasteiger charge is 2.46. The summed E-state index contributed by atoms with van der Waals surface area (Å²) in [7, 11) is 0. The van der Waals surface area contributed by atoms with E-state index in [-0.39, 0.29) is 11.3 Å². The van der Waals surface area contributed by atoms with Crippen LogP contribution in [0.25, 0.3) is 5.76 Å². The van der Waals surface area contributed by atoms with Crippen molar-refractivity contribution in [1.82, 2.24) is 9.80 Å². The Morgan fingerprint density at radius 1 is 1.00 bits per heavy atom. The van der Waals surface area contributed by atoms with Crippen molar-refractivity contribution in [3.8, 4) is 23.0 Å². The molecule has 2 heterocycles. The van der Waals surface area contributed by atoms with Crippen molar-refractivity contribution in [1.29, 1.82) is 0 Å². The van der Waals surface area contributed by atoms with Gasteiger partial charge in [0.1, 0.15) is 19.0 Å². The summed E-state index contributed by atoms with van der Waals surface area (Å²) < 4.78 is 23.3. The molecule has 0 radical (unpaired) electrons. The number of fused-ring (bicyclic) bond motifs is 1. The average Bonchev–Trinajstić information content (AvgIpc) is 3.24. The summed E-state index contributed by atoms with van der Waals surface area (Å²) in [5.74, 6) is 1.09. The molecule has 1 amide bonds. The number of ketones is 1. The van der Waals surface area contributed by atoms with Gasteiger partial charge in [-0.3, -0.25) is 9.59 Å². The molecule has 0 aromatic heterocycles. The van der Waals surface area contributed by atoms with E-state index in [0.717, 1.165) is 26.1 Å². The highest BCUT2D eigenvalue weighted by atomic mass is 16.6. The molecule has 0 saturated carbocycles. The van der Waals surface area contributed by atoms with Crippen molar-refractivity contribution in [2.75, 3.05) is 52.6 Å². The Bertz CT molecular complexity index is 1290. The molecule has 1 saturated heterocycles. The van der Waals surface area contributed by atoms with Crippen LogP contribution in [-0.4, -0.2) is 79.2 Å². The van der Waals surface area contributed by atoms with Gasteiger partial charge in [0, 0.05) is 12.1 Å². The topological polar surface area (TPSA) is 97.8 Å². The molecule has 1 fully saturated rings. The second-order valence-electron chi connectivity index (χ2n) is 10.9. The smallest absolute Gasteiger partial charge is 0.295 e. The van der Waals surface area contributed by atoms with E-state index in [1.807, 2.05) is 25.1 Å². The van der Waals surface area contributed by atoms with Crippen molar-refractivity contribution in [3.05, 3.63) is 53.1 Å². The van der Waals surface area contributed by atoms with Gasteiger partial charge in [0.25, 0.3) is 11.7 Å². The Kier molecular flexibility index (Phi) is 10.7. The van der Waals surface area contributed by atoms with E-state index in [0.29, 0.717) is 79.4 Å². The summed E-state index contributed by atoms with van der Waals surface area (Å²) in [6.07, 6.45) is 1.58. The zero-order valence-electron chi connectivity index (χ0n) is 25.5. The number of carbonyl (C=O) groups is 2. The number of hydrogen-bond acceptors (Lipinski definition) is 8. The van der Waals surface area contributed by atoms with Crippen LogP contribution < -0.4 is 18.9 Å². The lowest BCUT2D eigenvalue weighted by atomic mass is 9.94. The standard InChI is InChI=1S/C33H44N2O7/c1-6-34(7-2)15-9-16-35-30(23-10-12-25(27(20-23)39-8-3)40-17-14-22(4)5)29(32(37)33(35)38)31(36)24-11-13-26-28(21-24)42-19-18-41-26/h10-13,20-22,30,36H,6-9,14-19H2,1-5H3/t30-/m0/s1. The third kappa shape index (κ3) is 7.01. The van der Waals surface area contributed by atoms with Crippen molar-refractivity contribution in [2.24, 2.45) is 5.92 Å². The van der Waals surface area contributed by atoms with Crippen LogP contribution in [0.2, 0.25) is 0 Å². The number of hydrogen-bond donors (Lipinski definition) is 1. The number of nitrogens with zero attached hydrogens (tertiary/aromatic N) is 2. The highest BCUT2D eigenvalue weighted by molar-refractivity contribution is 6.46. The van der Waals surface area contributed by atoms with Crippen LogP contribution in [0.15, 0.2) is 42.0 Å². The molecular formula is C33H44N2O7. The molecule has 9 heteroatoms. The Hall–Kier alpha value is -3.72. The number of carbonyl (C=O) groups excluding carboxylic acids is 2. The van der Waals surface area contributed by atoms with Gasteiger partial charge < -0.3 is 33.9 Å². The SMILES string of the molecule is CCOc1cc([C@H]2C(=C(O)c3ccc4c(c3)OCCO4)C(=O)C(=O)N2CCCN(CC)CC)ccc1OCCC(C)C. The molecule has 0 aliphatic carbocycles. The molecule has 2 aliphatic rings. The molecule has 42 heavy (non-hydrogen) atoms. The molecule has 228 valence electrons. The third-order valence-electron chi connectivity index (χ3n) is 7.66. The maximum Gasteiger partial charge on any atom is 0.295 e. The monoisotopic (exact) mass is 580 g/mol. The number of amides is 1. The molecule has 2 aliphatic heterocycles. The van der Waals surface area contributed by atoms with Gasteiger partial charge in [0.2, 0.25) is 0 Å². The van der Waals surface area contributed by atoms with Gasteiger partial charge in [-0.1, -0.05) is 33.8 Å². The minimum atomic E-state index is -0.793. The second kappa shape index (κ2) is 14.4. The third-order valence-corrected chi connectivity index (χ3v) is 7.66. The van der Waals surface area contributed by atoms with Crippen LogP contribution in [0.3, 0.4) is 0 Å². The van der Waals surface area contributed by atoms with Crippen molar-refractivity contribution in [2.45, 2.75) is 53.5 Å². The van der Waals surface area contributed by atoms with Gasteiger partial charge in [-0.05, 0) is 81.2 Å². The van der Waals surface area contributed by atoms with E-state index < -0.39 is 17.7 Å². The number of Topliss-reactive ketones (excluding diaryl/α,β-unsaturated/α-hetero) is 1. The van der Waals surface area contributed by atoms with Gasteiger partial charge in [0.05, 0.1) is 24.8 Å². The molecule has 1 N–H and O–H groups in total. The van der Waals surface area contributed by atoms with Crippen LogP contribution in [0.5, 0.6) is 23.0 Å². The molecule has 0 spiro atoms. The largest absolute Gasteiger partial charge is 0.507 e. The lowest BCUT2D eigenvalue weighted by Gasteiger charge is -2.27. The van der Waals surface area contributed by atoms with Crippen molar-refractivity contribution in [3.63, 3.8) is 0 Å². The Balaban J connectivity index is 1.75. The first-order valence-corrected chi connectivity index (χ1v) is 15.1. The molecule has 2 aromatic carbocycles.